The monoisotopic (exact) mass is 468 g/mol. The standard InChI is InChI=1S/C24H24N2O8/c1-31-15-6-8-19(20(11-15)32-2)25-21(27)13-34-24(30)14-5-7-17-18(10-14)23(29)26(22(17)28)12-16-4-3-9-33-16/h5-8,10-11,16H,3-4,9,12-13H2,1-2H3,(H,25,27)/t16-/m1/s1. The van der Waals surface area contributed by atoms with Crippen LogP contribution < -0.4 is 14.8 Å². The minimum absolute atomic E-state index is 0.0636. The molecule has 0 bridgehead atoms. The van der Waals surface area contributed by atoms with E-state index in [0.29, 0.717) is 23.8 Å². The van der Waals surface area contributed by atoms with Gasteiger partial charge in [0.15, 0.2) is 6.61 Å². The zero-order valence-corrected chi connectivity index (χ0v) is 18.8. The average Bonchev–Trinajstić information content (AvgIpc) is 3.45. The van der Waals surface area contributed by atoms with Crippen molar-refractivity contribution in [2.75, 3.05) is 39.3 Å². The fraction of sp³-hybridized carbons (Fsp3) is 0.333. The predicted molar refractivity (Wildman–Crippen MR) is 119 cm³/mol. The highest BCUT2D eigenvalue weighted by atomic mass is 16.5. The summed E-state index contributed by atoms with van der Waals surface area (Å²) in [6.07, 6.45) is 1.51. The second kappa shape index (κ2) is 9.92. The summed E-state index contributed by atoms with van der Waals surface area (Å²) in [6, 6.07) is 8.98. The van der Waals surface area contributed by atoms with E-state index < -0.39 is 30.3 Å². The summed E-state index contributed by atoms with van der Waals surface area (Å²) in [5.74, 6) is -1.32. The van der Waals surface area contributed by atoms with Crippen LogP contribution in [0.4, 0.5) is 5.69 Å². The Balaban J connectivity index is 1.37. The van der Waals surface area contributed by atoms with Crippen LogP contribution in [-0.2, 0) is 14.3 Å². The lowest BCUT2D eigenvalue weighted by Gasteiger charge is -2.17. The number of anilines is 1. The van der Waals surface area contributed by atoms with Crippen molar-refractivity contribution in [1.29, 1.82) is 0 Å². The van der Waals surface area contributed by atoms with E-state index in [0.717, 1.165) is 17.7 Å². The van der Waals surface area contributed by atoms with E-state index in [1.807, 2.05) is 0 Å². The molecule has 178 valence electrons. The number of methoxy groups -OCH3 is 2. The number of amides is 3. The molecule has 10 nitrogen and oxygen atoms in total. The van der Waals surface area contributed by atoms with E-state index in [2.05, 4.69) is 5.32 Å². The quantitative estimate of drug-likeness (QED) is 0.463. The first-order valence-electron chi connectivity index (χ1n) is 10.7. The van der Waals surface area contributed by atoms with Crippen molar-refractivity contribution < 1.29 is 38.1 Å². The Bertz CT molecular complexity index is 1140. The van der Waals surface area contributed by atoms with E-state index in [4.69, 9.17) is 18.9 Å². The van der Waals surface area contributed by atoms with Crippen molar-refractivity contribution in [3.63, 3.8) is 0 Å². The van der Waals surface area contributed by atoms with Gasteiger partial charge >= 0.3 is 5.97 Å². The highest BCUT2D eigenvalue weighted by molar-refractivity contribution is 6.22. The van der Waals surface area contributed by atoms with Gasteiger partial charge < -0.3 is 24.3 Å². The van der Waals surface area contributed by atoms with Crippen molar-refractivity contribution >= 4 is 29.4 Å². The van der Waals surface area contributed by atoms with E-state index in [-0.39, 0.29) is 29.3 Å². The first kappa shape index (κ1) is 23.2. The number of ether oxygens (including phenoxy) is 4. The predicted octanol–water partition coefficient (Wildman–Crippen LogP) is 2.27. The summed E-state index contributed by atoms with van der Waals surface area (Å²) in [6.45, 7) is 0.243. The minimum Gasteiger partial charge on any atom is -0.497 e. The maximum absolute atomic E-state index is 12.8. The third kappa shape index (κ3) is 4.72. The number of carbonyl (C=O) groups excluding carboxylic acids is 4. The van der Waals surface area contributed by atoms with Gasteiger partial charge in [0.2, 0.25) is 0 Å². The number of fused-ring (bicyclic) bond motifs is 1. The molecular weight excluding hydrogens is 444 g/mol. The molecule has 1 N–H and O–H groups in total. The molecule has 0 radical (unpaired) electrons. The topological polar surface area (TPSA) is 120 Å². The van der Waals surface area contributed by atoms with Gasteiger partial charge in [0.25, 0.3) is 17.7 Å². The van der Waals surface area contributed by atoms with Crippen LogP contribution in [0.15, 0.2) is 36.4 Å². The molecule has 34 heavy (non-hydrogen) atoms. The Morgan fingerprint density at radius 2 is 1.85 bits per heavy atom. The molecule has 2 aliphatic heterocycles. The summed E-state index contributed by atoms with van der Waals surface area (Å²) < 4.78 is 20.9. The van der Waals surface area contributed by atoms with Gasteiger partial charge in [-0.1, -0.05) is 0 Å². The molecule has 1 atom stereocenters. The molecule has 3 amide bonds. The molecule has 0 unspecified atom stereocenters. The van der Waals surface area contributed by atoms with E-state index in [1.165, 1.54) is 32.4 Å². The summed E-state index contributed by atoms with van der Waals surface area (Å²) in [5.41, 5.74) is 0.805. The van der Waals surface area contributed by atoms with Crippen molar-refractivity contribution in [2.45, 2.75) is 18.9 Å². The number of rotatable bonds is 8. The third-order valence-corrected chi connectivity index (χ3v) is 5.63. The van der Waals surface area contributed by atoms with Crippen LogP contribution in [0.3, 0.4) is 0 Å². The normalized spacial score (nSPS) is 16.9. The van der Waals surface area contributed by atoms with Crippen LogP contribution in [0.1, 0.15) is 43.9 Å². The molecule has 10 heteroatoms. The van der Waals surface area contributed by atoms with Gasteiger partial charge in [0.05, 0.1) is 49.2 Å². The van der Waals surface area contributed by atoms with Crippen LogP contribution >= 0.6 is 0 Å². The lowest BCUT2D eigenvalue weighted by Crippen LogP contribution is -2.36. The SMILES string of the molecule is COc1ccc(NC(=O)COC(=O)c2ccc3c(c2)C(=O)N(C[C@H]2CCCO2)C3=O)c(OC)c1. The van der Waals surface area contributed by atoms with Crippen LogP contribution in [0.2, 0.25) is 0 Å². The third-order valence-electron chi connectivity index (χ3n) is 5.63. The summed E-state index contributed by atoms with van der Waals surface area (Å²) >= 11 is 0. The Kier molecular flexibility index (Phi) is 6.78. The molecule has 2 aromatic carbocycles. The zero-order chi connectivity index (χ0) is 24.2. The van der Waals surface area contributed by atoms with Crippen LogP contribution in [0, 0.1) is 0 Å². The van der Waals surface area contributed by atoms with Gasteiger partial charge in [0, 0.05) is 12.7 Å². The first-order valence-corrected chi connectivity index (χ1v) is 10.7. The van der Waals surface area contributed by atoms with Crippen molar-refractivity contribution in [3.8, 4) is 11.5 Å². The minimum atomic E-state index is -0.794. The van der Waals surface area contributed by atoms with Gasteiger partial charge in [0.1, 0.15) is 11.5 Å². The molecule has 2 aromatic rings. The molecule has 2 heterocycles. The number of hydrogen-bond acceptors (Lipinski definition) is 8. The summed E-state index contributed by atoms with van der Waals surface area (Å²) in [4.78, 5) is 51.3. The maximum atomic E-state index is 12.8. The Morgan fingerprint density at radius 3 is 2.56 bits per heavy atom. The number of nitrogens with one attached hydrogen (secondary N) is 1. The zero-order valence-electron chi connectivity index (χ0n) is 18.8. The van der Waals surface area contributed by atoms with Crippen molar-refractivity contribution in [2.24, 2.45) is 0 Å². The second-order valence-corrected chi connectivity index (χ2v) is 7.81. The highest BCUT2D eigenvalue weighted by Crippen LogP contribution is 2.29. The van der Waals surface area contributed by atoms with Gasteiger partial charge in [-0.2, -0.15) is 0 Å². The lowest BCUT2D eigenvalue weighted by molar-refractivity contribution is -0.119. The number of hydrogen-bond donors (Lipinski definition) is 1. The Labute approximate surface area is 195 Å². The molecule has 0 saturated carbocycles. The van der Waals surface area contributed by atoms with E-state index in [9.17, 15) is 19.2 Å². The lowest BCUT2D eigenvalue weighted by atomic mass is 10.1. The molecule has 1 fully saturated rings. The number of imide groups is 1. The fourth-order valence-corrected chi connectivity index (χ4v) is 3.88. The van der Waals surface area contributed by atoms with Crippen LogP contribution in [-0.4, -0.2) is 68.7 Å². The molecular formula is C24H24N2O8. The summed E-state index contributed by atoms with van der Waals surface area (Å²) in [7, 11) is 2.96. The number of nitrogens with zero attached hydrogens (tertiary/aromatic N) is 1. The smallest absolute Gasteiger partial charge is 0.338 e. The molecule has 1 saturated heterocycles. The number of benzene rings is 2. The fourth-order valence-electron chi connectivity index (χ4n) is 3.88. The maximum Gasteiger partial charge on any atom is 0.338 e. The van der Waals surface area contributed by atoms with E-state index >= 15 is 0 Å². The summed E-state index contributed by atoms with van der Waals surface area (Å²) in [5, 5.41) is 2.60. The van der Waals surface area contributed by atoms with Gasteiger partial charge in [-0.25, -0.2) is 4.79 Å². The van der Waals surface area contributed by atoms with Crippen molar-refractivity contribution in [1.82, 2.24) is 4.90 Å². The second-order valence-electron chi connectivity index (χ2n) is 7.81. The Morgan fingerprint density at radius 1 is 1.06 bits per heavy atom. The Hall–Kier alpha value is -3.92. The highest BCUT2D eigenvalue weighted by Gasteiger charge is 2.38. The largest absolute Gasteiger partial charge is 0.497 e. The van der Waals surface area contributed by atoms with Gasteiger partial charge in [-0.3, -0.25) is 19.3 Å². The van der Waals surface area contributed by atoms with Crippen molar-refractivity contribution in [3.05, 3.63) is 53.1 Å². The number of esters is 1. The first-order chi connectivity index (χ1) is 16.4. The molecule has 4 rings (SSSR count). The molecule has 0 aromatic heterocycles. The van der Waals surface area contributed by atoms with Crippen LogP contribution in [0.5, 0.6) is 11.5 Å². The van der Waals surface area contributed by atoms with Gasteiger partial charge in [-0.05, 0) is 43.2 Å². The van der Waals surface area contributed by atoms with Crippen LogP contribution in [0.25, 0.3) is 0 Å². The van der Waals surface area contributed by atoms with E-state index in [1.54, 1.807) is 18.2 Å². The molecule has 0 aliphatic carbocycles. The average molecular weight is 468 g/mol. The number of carbonyl (C=O) groups is 4. The molecule has 0 spiro atoms. The van der Waals surface area contributed by atoms with Gasteiger partial charge in [-0.15, -0.1) is 0 Å². The molecule has 2 aliphatic rings.